The first-order valence-electron chi connectivity index (χ1n) is 1.47. The van der Waals surface area contributed by atoms with Gasteiger partial charge in [0, 0.05) is 6.20 Å². The zero-order chi connectivity index (χ0) is 5.91. The lowest BCUT2D eigenvalue weighted by Crippen LogP contribution is -2.25. The van der Waals surface area contributed by atoms with E-state index in [0.717, 1.165) is 6.20 Å². The van der Waals surface area contributed by atoms with E-state index in [2.05, 4.69) is 11.7 Å². The van der Waals surface area contributed by atoms with Gasteiger partial charge in [-0.1, -0.05) is 6.58 Å². The Kier molecular flexibility index (Phi) is 1.79. The van der Waals surface area contributed by atoms with Gasteiger partial charge in [0.25, 0.3) is 10.2 Å². The van der Waals surface area contributed by atoms with Crippen molar-refractivity contribution < 1.29 is 8.42 Å². The lowest BCUT2D eigenvalue weighted by Gasteiger charge is -1.89. The lowest BCUT2D eigenvalue weighted by molar-refractivity contribution is 0.592. The molecule has 0 heterocycles. The molecule has 0 atom stereocenters. The quantitative estimate of drug-likeness (QED) is 0.489. The van der Waals surface area contributed by atoms with Crippen molar-refractivity contribution in [1.29, 1.82) is 0 Å². The van der Waals surface area contributed by atoms with Crippen LogP contribution in [0.2, 0.25) is 0 Å². The van der Waals surface area contributed by atoms with Gasteiger partial charge < -0.3 is 0 Å². The Morgan fingerprint density at radius 2 is 2.14 bits per heavy atom. The van der Waals surface area contributed by atoms with Crippen molar-refractivity contribution in [1.82, 2.24) is 4.72 Å². The highest BCUT2D eigenvalue weighted by Gasteiger charge is 1.89. The van der Waals surface area contributed by atoms with Crippen molar-refractivity contribution in [3.8, 4) is 0 Å². The highest BCUT2D eigenvalue weighted by Crippen LogP contribution is 1.61. The van der Waals surface area contributed by atoms with Gasteiger partial charge in [-0.3, -0.25) is 4.72 Å². The fourth-order valence-electron chi connectivity index (χ4n) is 0.116. The van der Waals surface area contributed by atoms with Gasteiger partial charge in [0.15, 0.2) is 0 Å². The van der Waals surface area contributed by atoms with Crippen molar-refractivity contribution in [3.63, 3.8) is 0 Å². The summed E-state index contributed by atoms with van der Waals surface area (Å²) in [5.41, 5.74) is 0. The highest BCUT2D eigenvalue weighted by atomic mass is 32.2. The first kappa shape index (κ1) is 6.45. The third-order valence-corrected chi connectivity index (χ3v) is 0.743. The normalized spacial score (nSPS) is 10.4. The summed E-state index contributed by atoms with van der Waals surface area (Å²) in [6.45, 7) is 3.08. The average molecular weight is 122 g/mol. The average Bonchev–Trinajstić information content (AvgIpc) is 1.30. The molecule has 0 aliphatic rings. The summed E-state index contributed by atoms with van der Waals surface area (Å²) < 4.78 is 21.5. The van der Waals surface area contributed by atoms with Crippen molar-refractivity contribution in [2.45, 2.75) is 0 Å². The molecule has 0 radical (unpaired) electrons. The molecule has 3 N–H and O–H groups in total. The fraction of sp³-hybridized carbons (Fsp3) is 0. The van der Waals surface area contributed by atoms with Gasteiger partial charge >= 0.3 is 0 Å². The summed E-state index contributed by atoms with van der Waals surface area (Å²) in [5, 5.41) is 4.44. The van der Waals surface area contributed by atoms with Crippen LogP contribution in [0.25, 0.3) is 0 Å². The first-order valence-corrected chi connectivity index (χ1v) is 3.02. The minimum atomic E-state index is -3.54. The number of nitrogens with one attached hydrogen (secondary N) is 1. The van der Waals surface area contributed by atoms with Gasteiger partial charge in [-0.05, 0) is 0 Å². The molecule has 0 saturated carbocycles. The van der Waals surface area contributed by atoms with E-state index in [1.807, 2.05) is 0 Å². The number of rotatable bonds is 2. The van der Waals surface area contributed by atoms with Crippen LogP contribution in [0, 0.1) is 0 Å². The Bertz CT molecular complexity index is 147. The van der Waals surface area contributed by atoms with Crippen LogP contribution in [-0.4, -0.2) is 8.42 Å². The minimum absolute atomic E-state index is 0.995. The molecule has 0 aromatic rings. The van der Waals surface area contributed by atoms with Gasteiger partial charge in [-0.2, -0.15) is 8.42 Å². The van der Waals surface area contributed by atoms with Crippen LogP contribution in [0.5, 0.6) is 0 Å². The largest absolute Gasteiger partial charge is 0.296 e. The molecule has 0 unspecified atom stereocenters. The molecule has 42 valence electrons. The fourth-order valence-corrected chi connectivity index (χ4v) is 0.348. The lowest BCUT2D eigenvalue weighted by atomic mass is 11.1. The van der Waals surface area contributed by atoms with Crippen LogP contribution in [0.3, 0.4) is 0 Å². The van der Waals surface area contributed by atoms with Gasteiger partial charge in [-0.15, -0.1) is 0 Å². The van der Waals surface area contributed by atoms with Crippen molar-refractivity contribution >= 4 is 10.2 Å². The number of hydrogen-bond acceptors (Lipinski definition) is 2. The van der Waals surface area contributed by atoms with E-state index >= 15 is 0 Å². The van der Waals surface area contributed by atoms with E-state index in [4.69, 9.17) is 0 Å². The molecule has 0 amide bonds. The number of hydrogen-bond donors (Lipinski definition) is 2. The molecule has 0 rings (SSSR count). The molecule has 0 fully saturated rings. The van der Waals surface area contributed by atoms with E-state index in [1.54, 1.807) is 4.72 Å². The Hall–Kier alpha value is -0.550. The third kappa shape index (κ3) is 5.45. The third-order valence-electron chi connectivity index (χ3n) is 0.248. The molecule has 0 aromatic carbocycles. The molecule has 7 heavy (non-hydrogen) atoms. The minimum Gasteiger partial charge on any atom is -0.279 e. The molecule has 5 heteroatoms. The summed E-state index contributed by atoms with van der Waals surface area (Å²) in [6.07, 6.45) is 0.995. The Labute approximate surface area is 42.2 Å². The molecular weight excluding hydrogens is 116 g/mol. The van der Waals surface area contributed by atoms with Crippen LogP contribution >= 0.6 is 0 Å². The summed E-state index contributed by atoms with van der Waals surface area (Å²) in [5.74, 6) is 0. The molecule has 0 bridgehead atoms. The predicted octanol–water partition coefficient (Wildman–Crippen LogP) is -1.08. The zero-order valence-corrected chi connectivity index (χ0v) is 4.40. The van der Waals surface area contributed by atoms with Crippen molar-refractivity contribution in [2.75, 3.05) is 0 Å². The highest BCUT2D eigenvalue weighted by molar-refractivity contribution is 7.87. The second-order valence-corrected chi connectivity index (χ2v) is 2.19. The Morgan fingerprint density at radius 3 is 2.14 bits per heavy atom. The topological polar surface area (TPSA) is 72.2 Å². The first-order chi connectivity index (χ1) is 3.06. The van der Waals surface area contributed by atoms with Crippen molar-refractivity contribution in [2.24, 2.45) is 5.14 Å². The van der Waals surface area contributed by atoms with Gasteiger partial charge in [0.05, 0.1) is 0 Å². The maximum atomic E-state index is 9.83. The maximum absolute atomic E-state index is 9.83. The molecule has 0 spiro atoms. The molecule has 0 aliphatic heterocycles. The van der Waals surface area contributed by atoms with Crippen LogP contribution in [0.4, 0.5) is 0 Å². The Morgan fingerprint density at radius 1 is 1.71 bits per heavy atom. The van der Waals surface area contributed by atoms with E-state index in [1.165, 1.54) is 0 Å². The summed E-state index contributed by atoms with van der Waals surface area (Å²) in [6, 6.07) is 0. The van der Waals surface area contributed by atoms with Crippen LogP contribution in [0.15, 0.2) is 12.8 Å². The monoisotopic (exact) mass is 122 g/mol. The molecule has 4 nitrogen and oxygen atoms in total. The molecule has 0 aliphatic carbocycles. The van der Waals surface area contributed by atoms with E-state index in [-0.39, 0.29) is 0 Å². The van der Waals surface area contributed by atoms with Crippen LogP contribution in [0.1, 0.15) is 0 Å². The van der Waals surface area contributed by atoms with Gasteiger partial charge in [0.2, 0.25) is 0 Å². The van der Waals surface area contributed by atoms with Gasteiger partial charge in [-0.25, -0.2) is 5.14 Å². The van der Waals surface area contributed by atoms with E-state index in [9.17, 15) is 8.42 Å². The predicted molar refractivity (Wildman–Crippen MR) is 26.4 cm³/mol. The standard InChI is InChI=1S/C2H6N2O2S/c1-2-4-7(3,5)6/h2,4H,1H2,(H2,3,5,6). The molecular formula is C2H6N2O2S. The molecule has 0 aromatic heterocycles. The summed E-state index contributed by atoms with van der Waals surface area (Å²) in [7, 11) is -3.54. The maximum Gasteiger partial charge on any atom is 0.296 e. The van der Waals surface area contributed by atoms with Crippen molar-refractivity contribution in [3.05, 3.63) is 12.8 Å². The van der Waals surface area contributed by atoms with E-state index in [0.29, 0.717) is 0 Å². The second-order valence-electron chi connectivity index (χ2n) is 0.867. The smallest absolute Gasteiger partial charge is 0.279 e. The Balaban J connectivity index is 3.84. The number of nitrogens with two attached hydrogens (primary N) is 1. The van der Waals surface area contributed by atoms with E-state index < -0.39 is 10.2 Å². The zero-order valence-electron chi connectivity index (χ0n) is 3.59. The van der Waals surface area contributed by atoms with Crippen LogP contribution < -0.4 is 9.86 Å². The summed E-state index contributed by atoms with van der Waals surface area (Å²) in [4.78, 5) is 0. The SMILES string of the molecule is C=CNS(N)(=O)=O. The van der Waals surface area contributed by atoms with Crippen LogP contribution in [-0.2, 0) is 10.2 Å². The summed E-state index contributed by atoms with van der Waals surface area (Å²) >= 11 is 0. The van der Waals surface area contributed by atoms with Gasteiger partial charge in [0.1, 0.15) is 0 Å². The molecule has 0 saturated heterocycles. The second kappa shape index (κ2) is 1.94.